The lowest BCUT2D eigenvalue weighted by Crippen LogP contribution is -2.38. The molecule has 6 heteroatoms. The lowest BCUT2D eigenvalue weighted by molar-refractivity contribution is -0.114. The largest absolute Gasteiger partial charge is 0.357 e. The number of guanidine groups is 1. The molecule has 0 aliphatic rings. The van der Waals surface area contributed by atoms with Gasteiger partial charge in [0.05, 0.1) is 6.54 Å². The van der Waals surface area contributed by atoms with Crippen LogP contribution in [0.1, 0.15) is 25.0 Å². The van der Waals surface area contributed by atoms with Crippen molar-refractivity contribution in [1.82, 2.24) is 10.6 Å². The highest BCUT2D eigenvalue weighted by Gasteiger charge is 2.01. The standard InChI is InChI=1S/C20H25ClN4O/c1-3-22-20(24-14-17-6-4-5-7-19(17)21)23-13-12-16-8-10-18(11-9-16)25-15(2)26/h4-11H,3,12-14H2,1-2H3,(H,25,26)(H2,22,23,24). The van der Waals surface area contributed by atoms with Crippen LogP contribution in [0.25, 0.3) is 0 Å². The topological polar surface area (TPSA) is 65.5 Å². The van der Waals surface area contributed by atoms with Crippen molar-refractivity contribution in [3.05, 3.63) is 64.7 Å². The van der Waals surface area contributed by atoms with Crippen molar-refractivity contribution < 1.29 is 4.79 Å². The zero-order valence-electron chi connectivity index (χ0n) is 15.2. The third kappa shape index (κ3) is 6.76. The number of carbonyl (C=O) groups excluding carboxylic acids is 1. The van der Waals surface area contributed by atoms with Gasteiger partial charge in [0, 0.05) is 30.7 Å². The van der Waals surface area contributed by atoms with Crippen LogP contribution in [-0.2, 0) is 17.8 Å². The predicted molar refractivity (Wildman–Crippen MR) is 109 cm³/mol. The van der Waals surface area contributed by atoms with Crippen LogP contribution in [0.2, 0.25) is 5.02 Å². The number of aliphatic imine (C=N–C) groups is 1. The summed E-state index contributed by atoms with van der Waals surface area (Å²) in [4.78, 5) is 15.6. The smallest absolute Gasteiger partial charge is 0.221 e. The minimum absolute atomic E-state index is 0.0653. The predicted octanol–water partition coefficient (Wildman–Crippen LogP) is 3.60. The van der Waals surface area contributed by atoms with E-state index in [1.54, 1.807) is 0 Å². The molecule has 0 bridgehead atoms. The van der Waals surface area contributed by atoms with Gasteiger partial charge in [-0.3, -0.25) is 4.79 Å². The fourth-order valence-corrected chi connectivity index (χ4v) is 2.61. The summed E-state index contributed by atoms with van der Waals surface area (Å²) < 4.78 is 0. The van der Waals surface area contributed by atoms with Crippen molar-refractivity contribution >= 4 is 29.2 Å². The van der Waals surface area contributed by atoms with E-state index in [0.29, 0.717) is 6.54 Å². The van der Waals surface area contributed by atoms with Gasteiger partial charge in [0.1, 0.15) is 0 Å². The van der Waals surface area contributed by atoms with Crippen LogP contribution in [0.3, 0.4) is 0 Å². The molecule has 26 heavy (non-hydrogen) atoms. The molecule has 2 aromatic carbocycles. The second-order valence-corrected chi connectivity index (χ2v) is 6.25. The van der Waals surface area contributed by atoms with Crippen LogP contribution in [-0.4, -0.2) is 25.0 Å². The van der Waals surface area contributed by atoms with E-state index in [1.807, 2.05) is 55.5 Å². The van der Waals surface area contributed by atoms with Crippen LogP contribution in [0.4, 0.5) is 5.69 Å². The first kappa shape index (κ1) is 19.8. The van der Waals surface area contributed by atoms with Crippen molar-refractivity contribution in [3.8, 4) is 0 Å². The fourth-order valence-electron chi connectivity index (χ4n) is 2.42. The molecule has 0 saturated carbocycles. The van der Waals surface area contributed by atoms with E-state index in [9.17, 15) is 4.79 Å². The number of hydrogen-bond donors (Lipinski definition) is 3. The molecular weight excluding hydrogens is 348 g/mol. The van der Waals surface area contributed by atoms with Crippen molar-refractivity contribution in [3.63, 3.8) is 0 Å². The van der Waals surface area contributed by atoms with Gasteiger partial charge in [0.25, 0.3) is 0 Å². The Morgan fingerprint density at radius 3 is 2.46 bits per heavy atom. The number of anilines is 1. The Labute approximate surface area is 159 Å². The summed E-state index contributed by atoms with van der Waals surface area (Å²) in [6.07, 6.45) is 0.858. The molecule has 0 saturated heterocycles. The van der Waals surface area contributed by atoms with Gasteiger partial charge in [-0.15, -0.1) is 0 Å². The summed E-state index contributed by atoms with van der Waals surface area (Å²) in [5, 5.41) is 10.1. The highest BCUT2D eigenvalue weighted by atomic mass is 35.5. The van der Waals surface area contributed by atoms with Gasteiger partial charge >= 0.3 is 0 Å². The van der Waals surface area contributed by atoms with E-state index in [4.69, 9.17) is 11.6 Å². The molecule has 0 aliphatic carbocycles. The molecule has 0 aromatic heterocycles. The van der Waals surface area contributed by atoms with Gasteiger partial charge in [-0.2, -0.15) is 0 Å². The van der Waals surface area contributed by atoms with Gasteiger partial charge in [0.2, 0.25) is 5.91 Å². The van der Waals surface area contributed by atoms with Gasteiger partial charge in [0.15, 0.2) is 5.96 Å². The van der Waals surface area contributed by atoms with E-state index < -0.39 is 0 Å². The Morgan fingerprint density at radius 2 is 1.81 bits per heavy atom. The summed E-state index contributed by atoms with van der Waals surface area (Å²) in [7, 11) is 0. The molecule has 0 aliphatic heterocycles. The minimum Gasteiger partial charge on any atom is -0.357 e. The Morgan fingerprint density at radius 1 is 1.08 bits per heavy atom. The van der Waals surface area contributed by atoms with Gasteiger partial charge in [-0.25, -0.2) is 4.99 Å². The zero-order chi connectivity index (χ0) is 18.8. The van der Waals surface area contributed by atoms with Crippen molar-refractivity contribution in [2.24, 2.45) is 4.99 Å². The average molecular weight is 373 g/mol. The van der Waals surface area contributed by atoms with E-state index >= 15 is 0 Å². The number of nitrogens with one attached hydrogen (secondary N) is 3. The van der Waals surface area contributed by atoms with Gasteiger partial charge < -0.3 is 16.0 Å². The van der Waals surface area contributed by atoms with E-state index in [1.165, 1.54) is 12.5 Å². The zero-order valence-corrected chi connectivity index (χ0v) is 15.9. The highest BCUT2D eigenvalue weighted by molar-refractivity contribution is 6.31. The van der Waals surface area contributed by atoms with Crippen molar-refractivity contribution in [1.29, 1.82) is 0 Å². The minimum atomic E-state index is -0.0653. The molecule has 0 radical (unpaired) electrons. The van der Waals surface area contributed by atoms with E-state index in [-0.39, 0.29) is 5.91 Å². The van der Waals surface area contributed by atoms with Crippen LogP contribution >= 0.6 is 11.6 Å². The third-order valence-corrected chi connectivity index (χ3v) is 4.06. The number of carbonyl (C=O) groups is 1. The monoisotopic (exact) mass is 372 g/mol. The number of hydrogen-bond acceptors (Lipinski definition) is 2. The normalized spacial score (nSPS) is 11.1. The Hall–Kier alpha value is -2.53. The maximum atomic E-state index is 11.0. The number of rotatable bonds is 7. The summed E-state index contributed by atoms with van der Waals surface area (Å²) >= 11 is 6.18. The van der Waals surface area contributed by atoms with Crippen LogP contribution < -0.4 is 16.0 Å². The van der Waals surface area contributed by atoms with Crippen LogP contribution in [0, 0.1) is 0 Å². The average Bonchev–Trinajstić information content (AvgIpc) is 2.62. The molecule has 0 unspecified atom stereocenters. The Bertz CT molecular complexity index is 744. The van der Waals surface area contributed by atoms with Crippen LogP contribution in [0.15, 0.2) is 53.5 Å². The maximum Gasteiger partial charge on any atom is 0.221 e. The van der Waals surface area contributed by atoms with Crippen molar-refractivity contribution in [2.75, 3.05) is 18.4 Å². The molecule has 0 atom stereocenters. The summed E-state index contributed by atoms with van der Waals surface area (Å²) in [6, 6.07) is 15.6. The molecular formula is C20H25ClN4O. The first-order chi connectivity index (χ1) is 12.6. The first-order valence-corrected chi connectivity index (χ1v) is 9.08. The van der Waals surface area contributed by atoms with E-state index in [2.05, 4.69) is 20.9 Å². The summed E-state index contributed by atoms with van der Waals surface area (Å²) in [5.41, 5.74) is 3.00. The molecule has 3 N–H and O–H groups in total. The van der Waals surface area contributed by atoms with E-state index in [0.717, 1.165) is 41.7 Å². The molecule has 138 valence electrons. The number of amides is 1. The summed E-state index contributed by atoms with van der Waals surface area (Å²) in [5.74, 6) is 0.701. The SMILES string of the molecule is CCNC(=NCc1ccccc1Cl)NCCc1ccc(NC(C)=O)cc1. The molecule has 5 nitrogen and oxygen atoms in total. The maximum absolute atomic E-state index is 11.0. The first-order valence-electron chi connectivity index (χ1n) is 8.70. The molecule has 2 rings (SSSR count). The molecule has 1 amide bonds. The number of nitrogens with zero attached hydrogens (tertiary/aromatic N) is 1. The third-order valence-electron chi connectivity index (χ3n) is 3.69. The molecule has 0 spiro atoms. The number of benzene rings is 2. The molecule has 2 aromatic rings. The Kier molecular flexibility index (Phi) is 7.96. The Balaban J connectivity index is 1.87. The lowest BCUT2D eigenvalue weighted by Gasteiger charge is -2.12. The van der Waals surface area contributed by atoms with Crippen LogP contribution in [0.5, 0.6) is 0 Å². The second-order valence-electron chi connectivity index (χ2n) is 5.84. The molecule has 0 fully saturated rings. The highest BCUT2D eigenvalue weighted by Crippen LogP contribution is 2.15. The second kappa shape index (κ2) is 10.5. The quantitative estimate of drug-likeness (QED) is 0.514. The van der Waals surface area contributed by atoms with Crippen molar-refractivity contribution in [2.45, 2.75) is 26.8 Å². The summed E-state index contributed by atoms with van der Waals surface area (Å²) in [6.45, 7) is 5.61. The number of halogens is 1. The fraction of sp³-hybridized carbons (Fsp3) is 0.300. The lowest BCUT2D eigenvalue weighted by atomic mass is 10.1. The molecule has 0 heterocycles. The van der Waals surface area contributed by atoms with Gasteiger partial charge in [-0.1, -0.05) is 41.9 Å². The van der Waals surface area contributed by atoms with Gasteiger partial charge in [-0.05, 0) is 42.7 Å².